The number of hydrogen-bond donors (Lipinski definition) is 1. The summed E-state index contributed by atoms with van der Waals surface area (Å²) < 4.78 is 0. The predicted molar refractivity (Wildman–Crippen MR) is 76.6 cm³/mol. The zero-order valence-electron chi connectivity index (χ0n) is 11.6. The molecule has 0 atom stereocenters. The molecule has 2 aliphatic rings. The van der Waals surface area contributed by atoms with Crippen LogP contribution in [0.5, 0.6) is 0 Å². The first kappa shape index (κ1) is 12.5. The Balaban J connectivity index is 1.82. The van der Waals surface area contributed by atoms with Crippen LogP contribution in [0.25, 0.3) is 0 Å². The highest BCUT2D eigenvalue weighted by Gasteiger charge is 2.39. The summed E-state index contributed by atoms with van der Waals surface area (Å²) in [5.74, 6) is 0.332. The quantitative estimate of drug-likeness (QED) is 0.787. The van der Waals surface area contributed by atoms with Crippen LogP contribution in [-0.2, 0) is 17.8 Å². The second-order valence-electron chi connectivity index (χ2n) is 6.23. The maximum atomic E-state index is 12.7. The lowest BCUT2D eigenvalue weighted by atomic mass is 9.86. The van der Waals surface area contributed by atoms with Gasteiger partial charge in [0.05, 0.1) is 0 Å². The van der Waals surface area contributed by atoms with Crippen LogP contribution >= 0.6 is 0 Å². The van der Waals surface area contributed by atoms with Crippen LogP contribution in [0.2, 0.25) is 0 Å². The number of nitrogens with two attached hydrogens (primary N) is 1. The van der Waals surface area contributed by atoms with Crippen LogP contribution in [0.4, 0.5) is 5.69 Å². The van der Waals surface area contributed by atoms with Gasteiger partial charge in [-0.05, 0) is 36.5 Å². The van der Waals surface area contributed by atoms with E-state index in [9.17, 15) is 4.79 Å². The third-order valence-electron chi connectivity index (χ3n) is 4.82. The summed E-state index contributed by atoms with van der Waals surface area (Å²) >= 11 is 0. The average molecular weight is 258 g/mol. The second-order valence-corrected chi connectivity index (χ2v) is 6.23. The van der Waals surface area contributed by atoms with Crippen LogP contribution in [0.1, 0.15) is 43.7 Å². The van der Waals surface area contributed by atoms with Gasteiger partial charge < -0.3 is 10.6 Å². The number of nitrogens with zero attached hydrogens (tertiary/aromatic N) is 1. The van der Waals surface area contributed by atoms with Gasteiger partial charge in [-0.1, -0.05) is 31.9 Å². The molecule has 1 amide bonds. The summed E-state index contributed by atoms with van der Waals surface area (Å²) in [6.45, 7) is 3.66. The number of anilines is 1. The number of carbonyl (C=O) groups excluding carboxylic acids is 1. The molecule has 0 radical (unpaired) electrons. The summed E-state index contributed by atoms with van der Waals surface area (Å²) in [7, 11) is 0. The second kappa shape index (κ2) is 4.55. The molecule has 1 aromatic carbocycles. The van der Waals surface area contributed by atoms with Gasteiger partial charge >= 0.3 is 0 Å². The van der Waals surface area contributed by atoms with Gasteiger partial charge in [0, 0.05) is 24.2 Å². The molecule has 1 aliphatic heterocycles. The van der Waals surface area contributed by atoms with E-state index in [1.165, 1.54) is 18.4 Å². The average Bonchev–Trinajstić information content (AvgIpc) is 2.86. The Morgan fingerprint density at radius 2 is 2.05 bits per heavy atom. The van der Waals surface area contributed by atoms with E-state index in [1.54, 1.807) is 0 Å². The van der Waals surface area contributed by atoms with Crippen molar-refractivity contribution in [2.45, 2.75) is 45.6 Å². The van der Waals surface area contributed by atoms with Crippen molar-refractivity contribution in [2.75, 3.05) is 12.3 Å². The van der Waals surface area contributed by atoms with Crippen molar-refractivity contribution in [3.05, 3.63) is 29.3 Å². The van der Waals surface area contributed by atoms with Gasteiger partial charge in [0.1, 0.15) is 0 Å². The van der Waals surface area contributed by atoms with Gasteiger partial charge in [0.2, 0.25) is 5.91 Å². The molecule has 0 aromatic heterocycles. The molecule has 3 heteroatoms. The highest BCUT2D eigenvalue weighted by atomic mass is 16.2. The Labute approximate surface area is 114 Å². The number of amides is 1. The molecular weight excluding hydrogens is 236 g/mol. The minimum atomic E-state index is -0.124. The number of carbonyl (C=O) groups is 1. The highest BCUT2D eigenvalue weighted by Crippen LogP contribution is 2.40. The summed E-state index contributed by atoms with van der Waals surface area (Å²) in [6, 6.07) is 6.07. The van der Waals surface area contributed by atoms with E-state index < -0.39 is 0 Å². The molecule has 1 heterocycles. The lowest BCUT2D eigenvalue weighted by molar-refractivity contribution is -0.141. The molecule has 1 aliphatic carbocycles. The number of hydrogen-bond acceptors (Lipinski definition) is 2. The third kappa shape index (κ3) is 2.11. The van der Waals surface area contributed by atoms with E-state index in [4.69, 9.17) is 5.73 Å². The monoisotopic (exact) mass is 258 g/mol. The Hall–Kier alpha value is -1.51. The van der Waals surface area contributed by atoms with Crippen LogP contribution in [-0.4, -0.2) is 17.4 Å². The van der Waals surface area contributed by atoms with E-state index >= 15 is 0 Å². The van der Waals surface area contributed by atoms with Crippen molar-refractivity contribution < 1.29 is 4.79 Å². The molecule has 0 unspecified atom stereocenters. The molecule has 2 N–H and O–H groups in total. The lowest BCUT2D eigenvalue weighted by Crippen LogP contribution is -2.43. The Morgan fingerprint density at radius 1 is 1.32 bits per heavy atom. The zero-order chi connectivity index (χ0) is 13.5. The van der Waals surface area contributed by atoms with Gasteiger partial charge in [-0.3, -0.25) is 4.79 Å². The van der Waals surface area contributed by atoms with Crippen molar-refractivity contribution in [1.29, 1.82) is 0 Å². The fourth-order valence-corrected chi connectivity index (χ4v) is 3.53. The van der Waals surface area contributed by atoms with Crippen molar-refractivity contribution >= 4 is 11.6 Å². The Bertz CT molecular complexity index is 503. The smallest absolute Gasteiger partial charge is 0.228 e. The van der Waals surface area contributed by atoms with Gasteiger partial charge in [-0.15, -0.1) is 0 Å². The lowest BCUT2D eigenvalue weighted by Gasteiger charge is -2.35. The molecular formula is C16H22N2O. The first-order valence-electron chi connectivity index (χ1n) is 7.26. The molecule has 3 nitrogen and oxygen atoms in total. The standard InChI is InChI=1S/C16H22N2O/c1-16(8-2-3-9-16)15(19)18-10-7-12-5-4-6-14(17)13(12)11-18/h4-6H,2-3,7-11,17H2,1H3. The van der Waals surface area contributed by atoms with Gasteiger partial charge in [0.25, 0.3) is 0 Å². The van der Waals surface area contributed by atoms with Gasteiger partial charge in [-0.25, -0.2) is 0 Å². The zero-order valence-corrected chi connectivity index (χ0v) is 11.6. The summed E-state index contributed by atoms with van der Waals surface area (Å²) in [5.41, 5.74) is 9.22. The van der Waals surface area contributed by atoms with Gasteiger partial charge in [0.15, 0.2) is 0 Å². The summed E-state index contributed by atoms with van der Waals surface area (Å²) in [5, 5.41) is 0. The molecule has 3 rings (SSSR count). The fraction of sp³-hybridized carbons (Fsp3) is 0.562. The molecule has 1 aromatic rings. The fourth-order valence-electron chi connectivity index (χ4n) is 3.53. The van der Waals surface area contributed by atoms with E-state index in [-0.39, 0.29) is 5.41 Å². The van der Waals surface area contributed by atoms with Crippen LogP contribution in [0.15, 0.2) is 18.2 Å². The summed E-state index contributed by atoms with van der Waals surface area (Å²) in [4.78, 5) is 14.7. The molecule has 1 fully saturated rings. The van der Waals surface area contributed by atoms with E-state index in [1.807, 2.05) is 17.0 Å². The molecule has 0 saturated heterocycles. The van der Waals surface area contributed by atoms with Crippen molar-refractivity contribution in [1.82, 2.24) is 4.90 Å². The highest BCUT2D eigenvalue weighted by molar-refractivity contribution is 5.83. The van der Waals surface area contributed by atoms with Crippen molar-refractivity contribution in [3.8, 4) is 0 Å². The normalized spacial score (nSPS) is 21.2. The Morgan fingerprint density at radius 3 is 2.79 bits per heavy atom. The van der Waals surface area contributed by atoms with Crippen LogP contribution < -0.4 is 5.73 Å². The van der Waals surface area contributed by atoms with Crippen LogP contribution in [0.3, 0.4) is 0 Å². The SMILES string of the molecule is CC1(C(=O)N2CCc3cccc(N)c3C2)CCCC1. The third-order valence-corrected chi connectivity index (χ3v) is 4.82. The maximum Gasteiger partial charge on any atom is 0.228 e. The summed E-state index contributed by atoms with van der Waals surface area (Å²) in [6.07, 6.45) is 5.39. The molecule has 19 heavy (non-hydrogen) atoms. The topological polar surface area (TPSA) is 46.3 Å². The van der Waals surface area contributed by atoms with E-state index in [0.717, 1.165) is 37.1 Å². The molecule has 1 saturated carbocycles. The molecule has 0 spiro atoms. The first-order chi connectivity index (χ1) is 9.10. The van der Waals surface area contributed by atoms with E-state index in [0.29, 0.717) is 12.5 Å². The molecule has 102 valence electrons. The minimum absolute atomic E-state index is 0.124. The van der Waals surface area contributed by atoms with Crippen molar-refractivity contribution in [3.63, 3.8) is 0 Å². The van der Waals surface area contributed by atoms with Crippen molar-refractivity contribution in [2.24, 2.45) is 5.41 Å². The number of fused-ring (bicyclic) bond motifs is 1. The predicted octanol–water partition coefficient (Wildman–Crippen LogP) is 2.73. The largest absolute Gasteiger partial charge is 0.398 e. The maximum absolute atomic E-state index is 12.7. The first-order valence-corrected chi connectivity index (χ1v) is 7.26. The number of benzene rings is 1. The number of nitrogen functional groups attached to an aromatic ring is 1. The van der Waals surface area contributed by atoms with Gasteiger partial charge in [-0.2, -0.15) is 0 Å². The van der Waals surface area contributed by atoms with E-state index in [2.05, 4.69) is 13.0 Å². The molecule has 0 bridgehead atoms. The minimum Gasteiger partial charge on any atom is -0.398 e. The number of rotatable bonds is 1. The van der Waals surface area contributed by atoms with Crippen LogP contribution in [0, 0.1) is 5.41 Å². The Kier molecular flexibility index (Phi) is 3.00.